The molecule has 0 radical (unpaired) electrons. The second-order valence-electron chi connectivity index (χ2n) is 2.51. The summed E-state index contributed by atoms with van der Waals surface area (Å²) in [5, 5.41) is 0. The van der Waals surface area contributed by atoms with Gasteiger partial charge < -0.3 is 0 Å². The summed E-state index contributed by atoms with van der Waals surface area (Å²) in [5.41, 5.74) is 1.10. The average molecular weight is 260 g/mol. The van der Waals surface area contributed by atoms with Crippen LogP contribution in [0, 0.1) is 3.57 Å². The van der Waals surface area contributed by atoms with Crippen molar-refractivity contribution in [3.8, 4) is 0 Å². The smallest absolute Gasteiger partial charge is 0.134 e. The number of benzene rings is 1. The Morgan fingerprint density at radius 2 is 1.91 bits per heavy atom. The first kappa shape index (κ1) is 8.71. The Labute approximate surface area is 79.9 Å². The van der Waals surface area contributed by atoms with Gasteiger partial charge in [0.25, 0.3) is 0 Å². The van der Waals surface area contributed by atoms with Crippen LogP contribution in [0.3, 0.4) is 0 Å². The molecule has 0 aromatic heterocycles. The fraction of sp³-hybridized carbons (Fsp3) is 0.222. The van der Waals surface area contributed by atoms with Crippen LogP contribution < -0.4 is 0 Å². The molecule has 1 aromatic rings. The van der Waals surface area contributed by atoms with Gasteiger partial charge in [-0.2, -0.15) is 0 Å². The third-order valence-electron chi connectivity index (χ3n) is 1.37. The first-order valence-electron chi connectivity index (χ1n) is 3.42. The van der Waals surface area contributed by atoms with Gasteiger partial charge in [-0.1, -0.05) is 12.1 Å². The summed E-state index contributed by atoms with van der Waals surface area (Å²) in [7, 11) is 0. The molecule has 0 saturated heterocycles. The number of carbonyl (C=O) groups is 1. The molecule has 0 saturated carbocycles. The Balaban J connectivity index is 2.74. The first-order valence-corrected chi connectivity index (χ1v) is 4.50. The molecule has 0 spiro atoms. The van der Waals surface area contributed by atoms with Crippen molar-refractivity contribution in [2.24, 2.45) is 0 Å². The van der Waals surface area contributed by atoms with Gasteiger partial charge >= 0.3 is 0 Å². The van der Waals surface area contributed by atoms with Crippen molar-refractivity contribution in [2.75, 3.05) is 0 Å². The van der Waals surface area contributed by atoms with Crippen molar-refractivity contribution in [3.05, 3.63) is 33.4 Å². The van der Waals surface area contributed by atoms with E-state index >= 15 is 0 Å². The van der Waals surface area contributed by atoms with Crippen molar-refractivity contribution in [1.29, 1.82) is 0 Å². The van der Waals surface area contributed by atoms with Gasteiger partial charge in [-0.3, -0.25) is 4.79 Å². The van der Waals surface area contributed by atoms with Gasteiger partial charge in [0, 0.05) is 9.99 Å². The SMILES string of the molecule is CC(=O)Cc1ccc(I)cc1. The van der Waals surface area contributed by atoms with Gasteiger partial charge in [-0.25, -0.2) is 0 Å². The van der Waals surface area contributed by atoms with Gasteiger partial charge in [0.15, 0.2) is 0 Å². The van der Waals surface area contributed by atoms with Crippen molar-refractivity contribution < 1.29 is 4.79 Å². The predicted octanol–water partition coefficient (Wildman–Crippen LogP) is 2.42. The molecule has 0 atom stereocenters. The maximum atomic E-state index is 10.7. The Kier molecular flexibility index (Phi) is 3.05. The van der Waals surface area contributed by atoms with Crippen LogP contribution in [0.4, 0.5) is 0 Å². The number of rotatable bonds is 2. The minimum atomic E-state index is 0.214. The molecule has 1 nitrogen and oxygen atoms in total. The highest BCUT2D eigenvalue weighted by atomic mass is 127. The Morgan fingerprint density at radius 3 is 2.36 bits per heavy atom. The number of halogens is 1. The molecule has 0 unspecified atom stereocenters. The lowest BCUT2D eigenvalue weighted by Gasteiger charge is -1.96. The van der Waals surface area contributed by atoms with Gasteiger partial charge in [0.2, 0.25) is 0 Å². The second kappa shape index (κ2) is 3.85. The highest BCUT2D eigenvalue weighted by molar-refractivity contribution is 14.1. The second-order valence-corrected chi connectivity index (χ2v) is 3.75. The van der Waals surface area contributed by atoms with Crippen LogP contribution in [0.2, 0.25) is 0 Å². The van der Waals surface area contributed by atoms with Crippen LogP contribution in [0.5, 0.6) is 0 Å². The van der Waals surface area contributed by atoms with Crippen molar-refractivity contribution in [1.82, 2.24) is 0 Å². The number of hydrogen-bond donors (Lipinski definition) is 0. The topological polar surface area (TPSA) is 17.1 Å². The molecule has 0 N–H and O–H groups in total. The standard InChI is InChI=1S/C9H9IO/c1-7(11)6-8-2-4-9(10)5-3-8/h2-5H,6H2,1H3. The zero-order valence-electron chi connectivity index (χ0n) is 6.30. The van der Waals surface area contributed by atoms with Crippen molar-refractivity contribution in [3.63, 3.8) is 0 Å². The molecule has 0 heterocycles. The summed E-state index contributed by atoms with van der Waals surface area (Å²) in [4.78, 5) is 10.7. The van der Waals surface area contributed by atoms with Crippen molar-refractivity contribution in [2.45, 2.75) is 13.3 Å². The Morgan fingerprint density at radius 1 is 1.36 bits per heavy atom. The molecule has 1 aromatic carbocycles. The van der Waals surface area contributed by atoms with Gasteiger partial charge in [0.1, 0.15) is 5.78 Å². The lowest BCUT2D eigenvalue weighted by Crippen LogP contribution is -1.95. The van der Waals surface area contributed by atoms with E-state index < -0.39 is 0 Å². The molecule has 11 heavy (non-hydrogen) atoms. The van der Waals surface area contributed by atoms with E-state index in [4.69, 9.17) is 0 Å². The summed E-state index contributed by atoms with van der Waals surface area (Å²) in [6.07, 6.45) is 0.552. The highest BCUT2D eigenvalue weighted by Crippen LogP contribution is 2.07. The fourth-order valence-corrected chi connectivity index (χ4v) is 1.25. The van der Waals surface area contributed by atoms with Crippen LogP contribution in [-0.4, -0.2) is 5.78 Å². The van der Waals surface area contributed by atoms with E-state index in [2.05, 4.69) is 22.6 Å². The molecule has 0 aliphatic heterocycles. The van der Waals surface area contributed by atoms with E-state index in [1.807, 2.05) is 24.3 Å². The number of ketones is 1. The third-order valence-corrected chi connectivity index (χ3v) is 2.09. The molecule has 0 fully saturated rings. The molecule has 2 heteroatoms. The zero-order chi connectivity index (χ0) is 8.27. The van der Waals surface area contributed by atoms with E-state index in [-0.39, 0.29) is 5.78 Å². The van der Waals surface area contributed by atoms with E-state index in [0.717, 1.165) is 5.56 Å². The Bertz CT molecular complexity index is 251. The molecule has 58 valence electrons. The van der Waals surface area contributed by atoms with E-state index in [1.54, 1.807) is 6.92 Å². The monoisotopic (exact) mass is 260 g/mol. The highest BCUT2D eigenvalue weighted by Gasteiger charge is 1.95. The lowest BCUT2D eigenvalue weighted by molar-refractivity contribution is -0.116. The zero-order valence-corrected chi connectivity index (χ0v) is 8.46. The van der Waals surface area contributed by atoms with E-state index in [9.17, 15) is 4.79 Å². The summed E-state index contributed by atoms with van der Waals surface area (Å²) >= 11 is 2.25. The summed E-state index contributed by atoms with van der Waals surface area (Å²) < 4.78 is 1.20. The lowest BCUT2D eigenvalue weighted by atomic mass is 10.1. The van der Waals surface area contributed by atoms with Gasteiger partial charge in [-0.15, -0.1) is 0 Å². The van der Waals surface area contributed by atoms with E-state index in [0.29, 0.717) is 6.42 Å². The van der Waals surface area contributed by atoms with Gasteiger partial charge in [-0.05, 0) is 47.2 Å². The van der Waals surface area contributed by atoms with Crippen molar-refractivity contribution >= 4 is 28.4 Å². The molecule has 0 aliphatic carbocycles. The molecular formula is C9H9IO. The number of carbonyl (C=O) groups excluding carboxylic acids is 1. The first-order chi connectivity index (χ1) is 5.18. The number of Topliss-reactive ketones (excluding diaryl/α,β-unsaturated/α-hetero) is 1. The third kappa shape index (κ3) is 3.01. The quantitative estimate of drug-likeness (QED) is 0.746. The number of hydrogen-bond acceptors (Lipinski definition) is 1. The van der Waals surface area contributed by atoms with Gasteiger partial charge in [0.05, 0.1) is 0 Å². The fourth-order valence-electron chi connectivity index (χ4n) is 0.890. The maximum absolute atomic E-state index is 10.7. The minimum absolute atomic E-state index is 0.214. The van der Waals surface area contributed by atoms with Crippen LogP contribution in [0.15, 0.2) is 24.3 Å². The molecular weight excluding hydrogens is 251 g/mol. The minimum Gasteiger partial charge on any atom is -0.300 e. The average Bonchev–Trinajstić information content (AvgIpc) is 1.93. The van der Waals surface area contributed by atoms with Crippen LogP contribution >= 0.6 is 22.6 Å². The molecule has 0 amide bonds. The Hall–Kier alpha value is -0.380. The van der Waals surface area contributed by atoms with Crippen LogP contribution in [0.1, 0.15) is 12.5 Å². The molecule has 1 rings (SSSR count). The van der Waals surface area contributed by atoms with Crippen LogP contribution in [0.25, 0.3) is 0 Å². The summed E-state index contributed by atoms with van der Waals surface area (Å²) in [5.74, 6) is 0.214. The summed E-state index contributed by atoms with van der Waals surface area (Å²) in [6.45, 7) is 1.61. The summed E-state index contributed by atoms with van der Waals surface area (Å²) in [6, 6.07) is 8.00. The van der Waals surface area contributed by atoms with E-state index in [1.165, 1.54) is 3.57 Å². The van der Waals surface area contributed by atoms with Crippen LogP contribution in [-0.2, 0) is 11.2 Å². The largest absolute Gasteiger partial charge is 0.300 e. The molecule has 0 aliphatic rings. The molecule has 0 bridgehead atoms. The maximum Gasteiger partial charge on any atom is 0.134 e. The predicted molar refractivity (Wildman–Crippen MR) is 53.5 cm³/mol. The normalized spacial score (nSPS) is 9.64.